The van der Waals surface area contributed by atoms with Gasteiger partial charge in [0.05, 0.1) is 5.71 Å². The van der Waals surface area contributed by atoms with Crippen LogP contribution in [0.25, 0.3) is 0 Å². The Morgan fingerprint density at radius 3 is 2.47 bits per heavy atom. The molecule has 0 saturated heterocycles. The Labute approximate surface area is 96.0 Å². The van der Waals surface area contributed by atoms with Gasteiger partial charge in [-0.15, -0.1) is 0 Å². The normalized spacial score (nSPS) is 23.1. The molecule has 0 spiro atoms. The summed E-state index contributed by atoms with van der Waals surface area (Å²) in [6.07, 6.45) is 0.0885. The molecule has 0 radical (unpaired) electrons. The molecule has 0 bridgehead atoms. The molecule has 1 aliphatic heterocycles. The first-order chi connectivity index (χ1) is 7.90. The summed E-state index contributed by atoms with van der Waals surface area (Å²) in [7, 11) is 0. The number of carbonyl (C=O) groups is 1. The zero-order valence-electron chi connectivity index (χ0n) is 9.04. The van der Waals surface area contributed by atoms with Crippen molar-refractivity contribution in [2.24, 2.45) is 10.9 Å². The van der Waals surface area contributed by atoms with Crippen LogP contribution in [-0.4, -0.2) is 17.2 Å². The molecule has 17 heavy (non-hydrogen) atoms. The van der Waals surface area contributed by atoms with Crippen LogP contribution in [0.5, 0.6) is 0 Å². The van der Waals surface area contributed by atoms with Crippen molar-refractivity contribution in [2.75, 3.05) is 0 Å². The van der Waals surface area contributed by atoms with E-state index in [1.165, 1.54) is 6.92 Å². The largest absolute Gasteiger partial charge is 0.379 e. The van der Waals surface area contributed by atoms with Crippen LogP contribution in [0, 0.1) is 11.6 Å². The topological polar surface area (TPSA) is 64.7 Å². The van der Waals surface area contributed by atoms with E-state index in [0.29, 0.717) is 5.71 Å². The number of rotatable bonds is 2. The van der Waals surface area contributed by atoms with Crippen LogP contribution in [0.15, 0.2) is 23.4 Å². The molecule has 1 aromatic rings. The van der Waals surface area contributed by atoms with E-state index in [-0.39, 0.29) is 12.0 Å². The first-order valence-corrected chi connectivity index (χ1v) is 4.92. The van der Waals surface area contributed by atoms with Crippen LogP contribution >= 0.6 is 0 Å². The van der Waals surface area contributed by atoms with Gasteiger partial charge >= 0.3 is 0 Å². The molecule has 1 aromatic carbocycles. The third kappa shape index (κ3) is 2.11. The summed E-state index contributed by atoms with van der Waals surface area (Å²) in [5.41, 5.74) is 4.43. The Morgan fingerprint density at radius 1 is 1.41 bits per heavy atom. The lowest BCUT2D eigenvalue weighted by molar-refractivity contribution is -0.138. The number of nitrogens with two attached hydrogens (primary N) is 1. The number of halogens is 2. The van der Waals surface area contributed by atoms with Crippen LogP contribution in [0.1, 0.15) is 18.9 Å². The fourth-order valence-corrected chi connectivity index (χ4v) is 1.55. The van der Waals surface area contributed by atoms with Crippen LogP contribution < -0.4 is 5.73 Å². The van der Waals surface area contributed by atoms with Crippen molar-refractivity contribution in [1.29, 1.82) is 0 Å². The smallest absolute Gasteiger partial charge is 0.264 e. The van der Waals surface area contributed by atoms with Crippen LogP contribution in [0.4, 0.5) is 8.78 Å². The van der Waals surface area contributed by atoms with Crippen molar-refractivity contribution in [3.8, 4) is 0 Å². The van der Waals surface area contributed by atoms with Crippen molar-refractivity contribution >= 4 is 11.6 Å². The van der Waals surface area contributed by atoms with Gasteiger partial charge in [-0.3, -0.25) is 4.79 Å². The fraction of sp³-hybridized carbons (Fsp3) is 0.273. The second-order valence-corrected chi connectivity index (χ2v) is 4.06. The lowest BCUT2D eigenvalue weighted by Gasteiger charge is -2.15. The zero-order chi connectivity index (χ0) is 12.6. The summed E-state index contributed by atoms with van der Waals surface area (Å²) in [6, 6.07) is 3.00. The predicted octanol–water partition coefficient (Wildman–Crippen LogP) is 1.33. The molecule has 1 heterocycles. The molecule has 1 aliphatic rings. The minimum Gasteiger partial charge on any atom is -0.379 e. The highest BCUT2D eigenvalue weighted by Crippen LogP contribution is 2.26. The molecule has 0 aromatic heterocycles. The van der Waals surface area contributed by atoms with Gasteiger partial charge in [-0.2, -0.15) is 0 Å². The number of benzene rings is 1. The summed E-state index contributed by atoms with van der Waals surface area (Å²) >= 11 is 0. The molecule has 6 heteroatoms. The van der Waals surface area contributed by atoms with Gasteiger partial charge in [-0.05, 0) is 19.1 Å². The second kappa shape index (κ2) is 3.80. The minimum atomic E-state index is -1.25. The van der Waals surface area contributed by atoms with Crippen molar-refractivity contribution in [1.82, 2.24) is 0 Å². The van der Waals surface area contributed by atoms with Crippen LogP contribution in [0.3, 0.4) is 0 Å². The van der Waals surface area contributed by atoms with E-state index in [1.807, 2.05) is 0 Å². The summed E-state index contributed by atoms with van der Waals surface area (Å²) in [4.78, 5) is 16.0. The Hall–Kier alpha value is -1.98. The van der Waals surface area contributed by atoms with E-state index >= 15 is 0 Å². The molecular weight excluding hydrogens is 230 g/mol. The molecule has 0 saturated carbocycles. The maximum atomic E-state index is 13.0. The summed E-state index contributed by atoms with van der Waals surface area (Å²) < 4.78 is 26.0. The summed E-state index contributed by atoms with van der Waals surface area (Å²) in [6.45, 7) is 1.47. The van der Waals surface area contributed by atoms with Crippen LogP contribution in [-0.2, 0) is 9.63 Å². The monoisotopic (exact) mass is 240 g/mol. The quantitative estimate of drug-likeness (QED) is 0.847. The maximum absolute atomic E-state index is 13.0. The number of carbonyl (C=O) groups excluding carboxylic acids is 1. The number of primary amides is 1. The highest BCUT2D eigenvalue weighted by molar-refractivity contribution is 6.05. The lowest BCUT2D eigenvalue weighted by atomic mass is 9.95. The number of oxime groups is 1. The number of amides is 1. The molecule has 2 N–H and O–H groups in total. The van der Waals surface area contributed by atoms with E-state index < -0.39 is 23.1 Å². The van der Waals surface area contributed by atoms with Gasteiger partial charge in [-0.25, -0.2) is 8.78 Å². The number of nitrogens with zero attached hydrogens (tertiary/aromatic N) is 1. The van der Waals surface area contributed by atoms with Crippen molar-refractivity contribution in [2.45, 2.75) is 18.9 Å². The molecule has 0 fully saturated rings. The van der Waals surface area contributed by atoms with Crippen molar-refractivity contribution < 1.29 is 18.4 Å². The Balaban J connectivity index is 2.29. The fourth-order valence-electron chi connectivity index (χ4n) is 1.55. The molecule has 1 atom stereocenters. The summed E-state index contributed by atoms with van der Waals surface area (Å²) in [5.74, 6) is -2.10. The molecule has 90 valence electrons. The third-order valence-electron chi connectivity index (χ3n) is 2.58. The lowest BCUT2D eigenvalue weighted by Crippen LogP contribution is -2.41. The van der Waals surface area contributed by atoms with E-state index in [4.69, 9.17) is 10.6 Å². The average molecular weight is 240 g/mol. The van der Waals surface area contributed by atoms with Gasteiger partial charge in [0.2, 0.25) is 5.60 Å². The molecule has 2 rings (SSSR count). The van der Waals surface area contributed by atoms with Gasteiger partial charge < -0.3 is 10.6 Å². The van der Waals surface area contributed by atoms with E-state index in [9.17, 15) is 13.6 Å². The minimum absolute atomic E-state index is 0.0885. The van der Waals surface area contributed by atoms with Crippen molar-refractivity contribution in [3.05, 3.63) is 35.4 Å². The molecular formula is C11H10F2N2O2. The standard InChI is InChI=1S/C11H10F2N2O2/c1-11(10(14)16)5-9(15-17-11)6-2-7(12)4-8(13)3-6/h2-4H,5H2,1H3,(H2,14,16). The molecule has 1 amide bonds. The van der Waals surface area contributed by atoms with Gasteiger partial charge in [0.15, 0.2) is 0 Å². The first kappa shape index (κ1) is 11.5. The maximum Gasteiger partial charge on any atom is 0.264 e. The zero-order valence-corrected chi connectivity index (χ0v) is 9.04. The third-order valence-corrected chi connectivity index (χ3v) is 2.58. The van der Waals surface area contributed by atoms with Crippen molar-refractivity contribution in [3.63, 3.8) is 0 Å². The van der Waals surface area contributed by atoms with Gasteiger partial charge in [-0.1, -0.05) is 5.16 Å². The van der Waals surface area contributed by atoms with E-state index in [1.54, 1.807) is 0 Å². The molecule has 4 nitrogen and oxygen atoms in total. The van der Waals surface area contributed by atoms with Gasteiger partial charge in [0, 0.05) is 18.1 Å². The SMILES string of the molecule is CC1(C(N)=O)CC(c2cc(F)cc(F)c2)=NO1. The molecule has 0 aliphatic carbocycles. The van der Waals surface area contributed by atoms with E-state index in [0.717, 1.165) is 18.2 Å². The Morgan fingerprint density at radius 2 is 2.00 bits per heavy atom. The van der Waals surface area contributed by atoms with E-state index in [2.05, 4.69) is 5.16 Å². The molecule has 1 unspecified atom stereocenters. The highest BCUT2D eigenvalue weighted by atomic mass is 19.1. The van der Waals surface area contributed by atoms with Crippen LogP contribution in [0.2, 0.25) is 0 Å². The average Bonchev–Trinajstić information content (AvgIpc) is 2.61. The predicted molar refractivity (Wildman–Crippen MR) is 56.2 cm³/mol. The summed E-state index contributed by atoms with van der Waals surface area (Å²) in [5, 5.41) is 3.65. The second-order valence-electron chi connectivity index (χ2n) is 4.06. The first-order valence-electron chi connectivity index (χ1n) is 4.92. The van der Waals surface area contributed by atoms with Gasteiger partial charge in [0.1, 0.15) is 11.6 Å². The number of hydrogen-bond acceptors (Lipinski definition) is 3. The highest BCUT2D eigenvalue weighted by Gasteiger charge is 2.40. The van der Waals surface area contributed by atoms with Gasteiger partial charge in [0.25, 0.3) is 5.91 Å². The Bertz CT molecular complexity index is 496. The Kier molecular flexibility index (Phi) is 2.57. The number of hydrogen-bond donors (Lipinski definition) is 1.